The van der Waals surface area contributed by atoms with Crippen molar-refractivity contribution < 1.29 is 0 Å². The maximum atomic E-state index is 5.68. The number of hydrazine groups is 1. The summed E-state index contributed by atoms with van der Waals surface area (Å²) in [7, 11) is 0. The van der Waals surface area contributed by atoms with Gasteiger partial charge in [-0.3, -0.25) is 16.3 Å². The second-order valence-electron chi connectivity index (χ2n) is 5.10. The number of rotatable bonds is 5. The van der Waals surface area contributed by atoms with Gasteiger partial charge < -0.3 is 0 Å². The van der Waals surface area contributed by atoms with Gasteiger partial charge in [-0.15, -0.1) is 0 Å². The molecule has 100 valence electrons. The van der Waals surface area contributed by atoms with Crippen LogP contribution in [0, 0.1) is 0 Å². The minimum Gasteiger partial charge on any atom is -0.271 e. The van der Waals surface area contributed by atoms with Crippen molar-refractivity contribution in [3.63, 3.8) is 0 Å². The van der Waals surface area contributed by atoms with Gasteiger partial charge in [0, 0.05) is 18.4 Å². The highest BCUT2D eigenvalue weighted by atomic mass is 15.2. The molecule has 2 aromatic rings. The molecule has 0 saturated carbocycles. The molecule has 1 unspecified atom stereocenters. The Hall–Kier alpha value is -1.71. The summed E-state index contributed by atoms with van der Waals surface area (Å²) < 4.78 is 0. The molecule has 0 bridgehead atoms. The average molecular weight is 255 g/mol. The predicted molar refractivity (Wildman–Crippen MR) is 78.5 cm³/mol. The van der Waals surface area contributed by atoms with Gasteiger partial charge in [0.2, 0.25) is 0 Å². The first-order valence-electron chi connectivity index (χ1n) is 6.65. The summed E-state index contributed by atoms with van der Waals surface area (Å²) in [5.41, 5.74) is 6.68. The Kier molecular flexibility index (Phi) is 4.66. The second-order valence-corrected chi connectivity index (χ2v) is 5.10. The lowest BCUT2D eigenvalue weighted by Crippen LogP contribution is -2.29. The number of nitrogens with two attached hydrogens (primary N) is 1. The highest BCUT2D eigenvalue weighted by molar-refractivity contribution is 5.28. The van der Waals surface area contributed by atoms with E-state index in [2.05, 4.69) is 48.5 Å². The molecule has 1 heterocycles. The third-order valence-corrected chi connectivity index (χ3v) is 3.40. The Morgan fingerprint density at radius 2 is 1.58 bits per heavy atom. The molecule has 0 aliphatic heterocycles. The van der Waals surface area contributed by atoms with Gasteiger partial charge in [-0.05, 0) is 41.2 Å². The van der Waals surface area contributed by atoms with Crippen LogP contribution < -0.4 is 11.3 Å². The number of pyridine rings is 1. The topological polar surface area (TPSA) is 50.9 Å². The van der Waals surface area contributed by atoms with E-state index in [1.165, 1.54) is 16.7 Å². The third kappa shape index (κ3) is 3.63. The van der Waals surface area contributed by atoms with Crippen molar-refractivity contribution in [2.24, 2.45) is 5.84 Å². The Morgan fingerprint density at radius 3 is 2.11 bits per heavy atom. The van der Waals surface area contributed by atoms with Gasteiger partial charge in [-0.1, -0.05) is 38.1 Å². The second kappa shape index (κ2) is 6.45. The van der Waals surface area contributed by atoms with Gasteiger partial charge in [0.05, 0.1) is 0 Å². The normalized spacial score (nSPS) is 12.6. The number of nitrogens with one attached hydrogen (secondary N) is 1. The van der Waals surface area contributed by atoms with Crippen LogP contribution in [0.3, 0.4) is 0 Å². The summed E-state index contributed by atoms with van der Waals surface area (Å²) >= 11 is 0. The van der Waals surface area contributed by atoms with Crippen LogP contribution in [0.1, 0.15) is 42.5 Å². The zero-order chi connectivity index (χ0) is 13.7. The fourth-order valence-electron chi connectivity index (χ4n) is 2.14. The van der Waals surface area contributed by atoms with Crippen molar-refractivity contribution >= 4 is 0 Å². The maximum absolute atomic E-state index is 5.68. The number of nitrogens with zero attached hydrogens (tertiary/aromatic N) is 1. The SMILES string of the molecule is CC(C)c1ccc(C(Cc2ccncc2)NN)cc1. The lowest BCUT2D eigenvalue weighted by atomic mass is 9.96. The number of benzene rings is 1. The summed E-state index contributed by atoms with van der Waals surface area (Å²) in [5.74, 6) is 6.24. The van der Waals surface area contributed by atoms with Gasteiger partial charge in [0.25, 0.3) is 0 Å². The first-order valence-corrected chi connectivity index (χ1v) is 6.65. The zero-order valence-electron chi connectivity index (χ0n) is 11.5. The molecule has 0 aliphatic rings. The summed E-state index contributed by atoms with van der Waals surface area (Å²) in [6.45, 7) is 4.40. The van der Waals surface area contributed by atoms with Crippen molar-refractivity contribution in [3.05, 3.63) is 65.5 Å². The largest absolute Gasteiger partial charge is 0.271 e. The van der Waals surface area contributed by atoms with Crippen LogP contribution in [0.25, 0.3) is 0 Å². The van der Waals surface area contributed by atoms with Gasteiger partial charge in [-0.25, -0.2) is 0 Å². The van der Waals surface area contributed by atoms with E-state index in [4.69, 9.17) is 5.84 Å². The maximum Gasteiger partial charge on any atom is 0.0500 e. The molecule has 19 heavy (non-hydrogen) atoms. The summed E-state index contributed by atoms with van der Waals surface area (Å²) in [4.78, 5) is 4.03. The quantitative estimate of drug-likeness (QED) is 0.638. The van der Waals surface area contributed by atoms with Crippen LogP contribution in [0.2, 0.25) is 0 Å². The number of hydrogen-bond donors (Lipinski definition) is 2. The van der Waals surface area contributed by atoms with Crippen molar-refractivity contribution in [2.75, 3.05) is 0 Å². The van der Waals surface area contributed by atoms with Crippen molar-refractivity contribution in [1.82, 2.24) is 10.4 Å². The molecule has 0 amide bonds. The average Bonchev–Trinajstić information content (AvgIpc) is 2.46. The predicted octanol–water partition coefficient (Wildman–Crippen LogP) is 2.95. The van der Waals surface area contributed by atoms with Crippen molar-refractivity contribution in [2.45, 2.75) is 32.2 Å². The molecule has 0 spiro atoms. The van der Waals surface area contributed by atoms with Crippen molar-refractivity contribution in [3.8, 4) is 0 Å². The molecule has 3 nitrogen and oxygen atoms in total. The Balaban J connectivity index is 2.13. The molecule has 0 fully saturated rings. The smallest absolute Gasteiger partial charge is 0.0500 e. The van der Waals surface area contributed by atoms with Gasteiger partial charge >= 0.3 is 0 Å². The van der Waals surface area contributed by atoms with Crippen LogP contribution in [-0.2, 0) is 6.42 Å². The van der Waals surface area contributed by atoms with E-state index in [1.807, 2.05) is 24.5 Å². The molecule has 0 aliphatic carbocycles. The van der Waals surface area contributed by atoms with E-state index in [1.54, 1.807) is 0 Å². The van der Waals surface area contributed by atoms with E-state index in [-0.39, 0.29) is 6.04 Å². The summed E-state index contributed by atoms with van der Waals surface area (Å²) in [6.07, 6.45) is 4.48. The van der Waals surface area contributed by atoms with E-state index < -0.39 is 0 Å². The first-order chi connectivity index (χ1) is 9.20. The molecule has 2 rings (SSSR count). The Labute approximate surface area is 114 Å². The molecule has 3 heteroatoms. The van der Waals surface area contributed by atoms with E-state index in [0.717, 1.165) is 6.42 Å². The molecule has 1 atom stereocenters. The fourth-order valence-corrected chi connectivity index (χ4v) is 2.14. The van der Waals surface area contributed by atoms with Crippen LogP contribution in [0.4, 0.5) is 0 Å². The standard InChI is InChI=1S/C16H21N3/c1-12(2)14-3-5-15(6-4-14)16(19-17)11-13-7-9-18-10-8-13/h3-10,12,16,19H,11,17H2,1-2H3. The van der Waals surface area contributed by atoms with Gasteiger partial charge in [-0.2, -0.15) is 0 Å². The van der Waals surface area contributed by atoms with Crippen LogP contribution in [0.15, 0.2) is 48.8 Å². The van der Waals surface area contributed by atoms with Gasteiger partial charge in [0.15, 0.2) is 0 Å². The van der Waals surface area contributed by atoms with Crippen molar-refractivity contribution in [1.29, 1.82) is 0 Å². The zero-order valence-corrected chi connectivity index (χ0v) is 11.5. The monoisotopic (exact) mass is 255 g/mol. The summed E-state index contributed by atoms with van der Waals surface area (Å²) in [6, 6.07) is 12.8. The van der Waals surface area contributed by atoms with Gasteiger partial charge in [0.1, 0.15) is 0 Å². The minimum atomic E-state index is 0.128. The Bertz CT molecular complexity index is 491. The molecular formula is C16H21N3. The highest BCUT2D eigenvalue weighted by Gasteiger charge is 2.10. The lowest BCUT2D eigenvalue weighted by molar-refractivity contribution is 0.551. The van der Waals surface area contributed by atoms with Crippen LogP contribution in [-0.4, -0.2) is 4.98 Å². The van der Waals surface area contributed by atoms with E-state index >= 15 is 0 Å². The van der Waals surface area contributed by atoms with Crippen LogP contribution in [0.5, 0.6) is 0 Å². The van der Waals surface area contributed by atoms with E-state index in [9.17, 15) is 0 Å². The van der Waals surface area contributed by atoms with E-state index in [0.29, 0.717) is 5.92 Å². The molecule has 0 saturated heterocycles. The molecule has 0 radical (unpaired) electrons. The first kappa shape index (κ1) is 13.7. The summed E-state index contributed by atoms with van der Waals surface area (Å²) in [5, 5.41) is 0. The molecule has 1 aromatic heterocycles. The third-order valence-electron chi connectivity index (χ3n) is 3.40. The number of hydrogen-bond acceptors (Lipinski definition) is 3. The lowest BCUT2D eigenvalue weighted by Gasteiger charge is -2.17. The number of aromatic nitrogens is 1. The fraction of sp³-hybridized carbons (Fsp3) is 0.312. The molecular weight excluding hydrogens is 234 g/mol. The Morgan fingerprint density at radius 1 is 1.00 bits per heavy atom. The minimum absolute atomic E-state index is 0.128. The highest BCUT2D eigenvalue weighted by Crippen LogP contribution is 2.21. The molecule has 1 aromatic carbocycles. The van der Waals surface area contributed by atoms with Crippen LogP contribution >= 0.6 is 0 Å². The molecule has 3 N–H and O–H groups in total.